The molecule has 0 spiro atoms. The van der Waals surface area contributed by atoms with Gasteiger partial charge in [-0.1, -0.05) is 0 Å². The van der Waals surface area contributed by atoms with Gasteiger partial charge in [0.15, 0.2) is 6.29 Å². The van der Waals surface area contributed by atoms with Gasteiger partial charge in [-0.3, -0.25) is 4.79 Å². The largest absolute Gasteiger partial charge is 0.494 e. The van der Waals surface area contributed by atoms with Crippen LogP contribution < -0.4 is 4.74 Å². The molecule has 0 saturated carbocycles. The van der Waals surface area contributed by atoms with E-state index in [1.807, 2.05) is 0 Å². The van der Waals surface area contributed by atoms with Crippen LogP contribution in [0.15, 0.2) is 6.07 Å². The van der Waals surface area contributed by atoms with Crippen molar-refractivity contribution in [2.75, 3.05) is 7.11 Å². The third-order valence-electron chi connectivity index (χ3n) is 1.53. The highest BCUT2D eigenvalue weighted by molar-refractivity contribution is 14.1. The van der Waals surface area contributed by atoms with E-state index >= 15 is 0 Å². The molecule has 1 heterocycles. The fourth-order valence-corrected chi connectivity index (χ4v) is 1.54. The average molecular weight is 313 g/mol. The molecule has 1 aromatic rings. The van der Waals surface area contributed by atoms with Gasteiger partial charge in [0.2, 0.25) is 0 Å². The second-order valence-electron chi connectivity index (χ2n) is 2.36. The van der Waals surface area contributed by atoms with Crippen molar-refractivity contribution in [3.05, 3.63) is 21.0 Å². The number of carbonyl (C=O) groups excluding carboxylic acids is 1. The molecule has 0 N–H and O–H groups in total. The molecule has 0 saturated heterocycles. The Hall–Kier alpha value is -0.790. The van der Waals surface area contributed by atoms with E-state index in [0.717, 1.165) is 0 Å². The number of hydrogen-bond donors (Lipinski definition) is 0. The number of hydrogen-bond acceptors (Lipinski definition) is 3. The third-order valence-corrected chi connectivity index (χ3v) is 2.40. The lowest BCUT2D eigenvalue weighted by Gasteiger charge is -2.07. The Labute approximate surface area is 92.6 Å². The summed E-state index contributed by atoms with van der Waals surface area (Å²) in [6, 6.07) is 1.36. The lowest BCUT2D eigenvalue weighted by atomic mass is 10.3. The van der Waals surface area contributed by atoms with Gasteiger partial charge in [0.1, 0.15) is 17.1 Å². The number of pyridine rings is 1. The molecule has 0 unspecified atom stereocenters. The Morgan fingerprint density at radius 3 is 2.71 bits per heavy atom. The highest BCUT2D eigenvalue weighted by atomic mass is 127. The van der Waals surface area contributed by atoms with Crippen molar-refractivity contribution in [2.24, 2.45) is 0 Å². The molecule has 6 heteroatoms. The van der Waals surface area contributed by atoms with Crippen LogP contribution in [0.25, 0.3) is 0 Å². The number of alkyl halides is 2. The van der Waals surface area contributed by atoms with Crippen LogP contribution in [0.3, 0.4) is 0 Å². The van der Waals surface area contributed by atoms with Gasteiger partial charge in [-0.2, -0.15) is 0 Å². The lowest BCUT2D eigenvalue weighted by molar-refractivity contribution is 0.111. The predicted octanol–water partition coefficient (Wildman–Crippen LogP) is 2.44. The van der Waals surface area contributed by atoms with E-state index in [2.05, 4.69) is 4.98 Å². The maximum Gasteiger partial charge on any atom is 0.281 e. The molecule has 14 heavy (non-hydrogen) atoms. The third kappa shape index (κ3) is 2.17. The quantitative estimate of drug-likeness (QED) is 0.635. The number of aromatic nitrogens is 1. The number of nitrogens with zero attached hydrogens (tertiary/aromatic N) is 1. The SMILES string of the molecule is COc1cc(I)c(C(F)F)nc1C=O. The first-order chi connectivity index (χ1) is 6.60. The molecule has 1 aromatic heterocycles. The van der Waals surface area contributed by atoms with E-state index in [-0.39, 0.29) is 15.0 Å². The van der Waals surface area contributed by atoms with E-state index < -0.39 is 12.1 Å². The smallest absolute Gasteiger partial charge is 0.281 e. The average Bonchev–Trinajstić information content (AvgIpc) is 2.16. The molecular formula is C8H6F2INO2. The first kappa shape index (κ1) is 11.3. The number of carbonyl (C=O) groups is 1. The highest BCUT2D eigenvalue weighted by Gasteiger charge is 2.17. The molecule has 0 radical (unpaired) electrons. The summed E-state index contributed by atoms with van der Waals surface area (Å²) in [6.07, 6.45) is -2.30. The summed E-state index contributed by atoms with van der Waals surface area (Å²) in [6.45, 7) is 0. The molecule has 0 atom stereocenters. The van der Waals surface area contributed by atoms with Crippen LogP contribution in [0.4, 0.5) is 8.78 Å². The van der Waals surface area contributed by atoms with Gasteiger partial charge in [-0.15, -0.1) is 0 Å². The van der Waals surface area contributed by atoms with Gasteiger partial charge < -0.3 is 4.74 Å². The number of halogens is 3. The Kier molecular flexibility index (Phi) is 3.73. The molecule has 0 bridgehead atoms. The fourth-order valence-electron chi connectivity index (χ4n) is 0.902. The van der Waals surface area contributed by atoms with E-state index in [1.165, 1.54) is 13.2 Å². The van der Waals surface area contributed by atoms with Gasteiger partial charge in [0, 0.05) is 3.57 Å². The van der Waals surface area contributed by atoms with Gasteiger partial charge in [-0.05, 0) is 28.7 Å². The van der Waals surface area contributed by atoms with Crippen LogP contribution in [0.2, 0.25) is 0 Å². The number of ether oxygens (including phenoxy) is 1. The van der Waals surface area contributed by atoms with E-state index in [0.29, 0.717) is 6.29 Å². The Balaban J connectivity index is 3.30. The molecule has 0 amide bonds. The van der Waals surface area contributed by atoms with E-state index in [9.17, 15) is 13.6 Å². The molecule has 0 aliphatic heterocycles. The molecule has 0 aliphatic rings. The summed E-state index contributed by atoms with van der Waals surface area (Å²) in [5.74, 6) is 0.203. The summed E-state index contributed by atoms with van der Waals surface area (Å²) in [5, 5.41) is 0. The van der Waals surface area contributed by atoms with Crippen molar-refractivity contribution < 1.29 is 18.3 Å². The second kappa shape index (κ2) is 4.63. The van der Waals surface area contributed by atoms with Gasteiger partial charge >= 0.3 is 0 Å². The fraction of sp³-hybridized carbons (Fsp3) is 0.250. The van der Waals surface area contributed by atoms with E-state index in [4.69, 9.17) is 4.74 Å². The second-order valence-corrected chi connectivity index (χ2v) is 3.52. The first-order valence-electron chi connectivity index (χ1n) is 3.58. The zero-order valence-corrected chi connectivity index (χ0v) is 9.29. The van der Waals surface area contributed by atoms with Crippen LogP contribution in [0.5, 0.6) is 5.75 Å². The van der Waals surface area contributed by atoms with Crippen molar-refractivity contribution >= 4 is 28.9 Å². The summed E-state index contributed by atoms with van der Waals surface area (Å²) >= 11 is 1.72. The topological polar surface area (TPSA) is 39.2 Å². The number of methoxy groups -OCH3 is 1. The minimum Gasteiger partial charge on any atom is -0.494 e. The number of rotatable bonds is 3. The Morgan fingerprint density at radius 1 is 1.64 bits per heavy atom. The normalized spacial score (nSPS) is 10.4. The lowest BCUT2D eigenvalue weighted by Crippen LogP contribution is -2.02. The van der Waals surface area contributed by atoms with Gasteiger partial charge in [0.25, 0.3) is 6.43 Å². The van der Waals surface area contributed by atoms with Crippen LogP contribution in [0.1, 0.15) is 22.6 Å². The standard InChI is InChI=1S/C8H6F2INO2/c1-14-6-2-4(11)7(8(9)10)12-5(6)3-13/h2-3,8H,1H3. The monoisotopic (exact) mass is 313 g/mol. The molecule has 1 rings (SSSR count). The predicted molar refractivity (Wildman–Crippen MR) is 53.9 cm³/mol. The minimum absolute atomic E-state index is 0.108. The molecule has 3 nitrogen and oxygen atoms in total. The molecule has 0 aromatic carbocycles. The van der Waals surface area contributed by atoms with Crippen molar-refractivity contribution in [3.8, 4) is 5.75 Å². The van der Waals surface area contributed by atoms with Crippen LogP contribution in [-0.2, 0) is 0 Å². The Morgan fingerprint density at radius 2 is 2.29 bits per heavy atom. The van der Waals surface area contributed by atoms with Crippen LogP contribution >= 0.6 is 22.6 Å². The molecular weight excluding hydrogens is 307 g/mol. The Bertz CT molecular complexity index is 357. The van der Waals surface area contributed by atoms with E-state index in [1.54, 1.807) is 22.6 Å². The highest BCUT2D eigenvalue weighted by Crippen LogP contribution is 2.27. The molecule has 0 fully saturated rings. The van der Waals surface area contributed by atoms with Gasteiger partial charge in [0.05, 0.1) is 7.11 Å². The zero-order chi connectivity index (χ0) is 10.7. The molecule has 0 aliphatic carbocycles. The summed E-state index contributed by atoms with van der Waals surface area (Å²) in [7, 11) is 1.35. The van der Waals surface area contributed by atoms with Crippen molar-refractivity contribution in [1.82, 2.24) is 4.98 Å². The molecule has 76 valence electrons. The first-order valence-corrected chi connectivity index (χ1v) is 4.65. The van der Waals surface area contributed by atoms with Crippen molar-refractivity contribution in [1.29, 1.82) is 0 Å². The number of aldehydes is 1. The summed E-state index contributed by atoms with van der Waals surface area (Å²) < 4.78 is 29.8. The van der Waals surface area contributed by atoms with Gasteiger partial charge in [-0.25, -0.2) is 13.8 Å². The van der Waals surface area contributed by atoms with Crippen LogP contribution in [0, 0.1) is 3.57 Å². The minimum atomic E-state index is -2.69. The summed E-state index contributed by atoms with van der Waals surface area (Å²) in [5.41, 5.74) is -0.503. The maximum atomic E-state index is 12.4. The van der Waals surface area contributed by atoms with Crippen molar-refractivity contribution in [2.45, 2.75) is 6.43 Å². The van der Waals surface area contributed by atoms with Crippen LogP contribution in [-0.4, -0.2) is 18.4 Å². The van der Waals surface area contributed by atoms with Crippen molar-refractivity contribution in [3.63, 3.8) is 0 Å². The zero-order valence-electron chi connectivity index (χ0n) is 7.13. The summed E-state index contributed by atoms with van der Waals surface area (Å²) in [4.78, 5) is 14.0. The maximum absolute atomic E-state index is 12.4.